The van der Waals surface area contributed by atoms with Crippen molar-refractivity contribution in [3.63, 3.8) is 0 Å². The maximum atomic E-state index is 13.1. The lowest BCUT2D eigenvalue weighted by Crippen LogP contribution is -2.30. The minimum absolute atomic E-state index is 0.318. The number of ether oxygens (including phenoxy) is 2. The van der Waals surface area contributed by atoms with E-state index in [0.717, 1.165) is 0 Å². The number of amides is 1. The summed E-state index contributed by atoms with van der Waals surface area (Å²) in [7, 11) is 0. The fourth-order valence-corrected chi connectivity index (χ4v) is 2.55. The number of rotatable bonds is 5. The zero-order valence-electron chi connectivity index (χ0n) is 13.2. The Kier molecular flexibility index (Phi) is 4.83. The van der Waals surface area contributed by atoms with Gasteiger partial charge in [0.25, 0.3) is 5.91 Å². The molecule has 7 heteroatoms. The van der Waals surface area contributed by atoms with Crippen molar-refractivity contribution in [2.75, 3.05) is 13.2 Å². The van der Waals surface area contributed by atoms with Gasteiger partial charge in [-0.2, -0.15) is 0 Å². The van der Waals surface area contributed by atoms with Crippen LogP contribution in [-0.2, 0) is 4.79 Å². The van der Waals surface area contributed by atoms with Gasteiger partial charge < -0.3 is 19.9 Å². The van der Waals surface area contributed by atoms with Gasteiger partial charge in [0, 0.05) is 5.56 Å². The van der Waals surface area contributed by atoms with Crippen LogP contribution in [0.15, 0.2) is 42.5 Å². The number of hydrogen-bond donors (Lipinski definition) is 2. The second-order valence-corrected chi connectivity index (χ2v) is 5.53. The molecule has 2 aromatic rings. The van der Waals surface area contributed by atoms with Crippen LogP contribution >= 0.6 is 0 Å². The highest BCUT2D eigenvalue weighted by Gasteiger charge is 2.21. The van der Waals surface area contributed by atoms with E-state index in [1.54, 1.807) is 18.2 Å². The summed E-state index contributed by atoms with van der Waals surface area (Å²) in [6.07, 6.45) is -0.318. The molecule has 0 bridgehead atoms. The predicted octanol–water partition coefficient (Wildman–Crippen LogP) is 2.54. The molecule has 0 spiro atoms. The van der Waals surface area contributed by atoms with E-state index >= 15 is 0 Å². The summed E-state index contributed by atoms with van der Waals surface area (Å²) in [5.74, 6) is -0.931. The third-order valence-electron chi connectivity index (χ3n) is 3.76. The van der Waals surface area contributed by atoms with Gasteiger partial charge in [-0.1, -0.05) is 12.1 Å². The van der Waals surface area contributed by atoms with Crippen LogP contribution in [0.5, 0.6) is 11.5 Å². The highest BCUT2D eigenvalue weighted by atomic mass is 19.1. The number of carboxylic acids is 1. The molecule has 0 radical (unpaired) electrons. The minimum Gasteiger partial charge on any atom is -0.486 e. The van der Waals surface area contributed by atoms with Crippen molar-refractivity contribution >= 4 is 11.9 Å². The highest BCUT2D eigenvalue weighted by Crippen LogP contribution is 2.31. The van der Waals surface area contributed by atoms with Gasteiger partial charge in [0.2, 0.25) is 0 Å². The molecule has 0 aliphatic carbocycles. The van der Waals surface area contributed by atoms with E-state index in [1.165, 1.54) is 24.3 Å². The molecular formula is C18H16FNO5. The summed E-state index contributed by atoms with van der Waals surface area (Å²) in [5, 5.41) is 11.7. The number of nitrogens with one attached hydrogen (secondary N) is 1. The molecule has 6 nitrogen and oxygen atoms in total. The molecule has 2 N–H and O–H groups in total. The molecule has 0 fully saturated rings. The summed E-state index contributed by atoms with van der Waals surface area (Å²) < 4.78 is 23.9. The Morgan fingerprint density at radius 1 is 1.08 bits per heavy atom. The molecule has 1 amide bonds. The zero-order valence-corrected chi connectivity index (χ0v) is 13.2. The number of carboxylic acid groups (broad SMARTS) is 1. The van der Waals surface area contributed by atoms with E-state index < -0.39 is 23.7 Å². The SMILES string of the molecule is O=C(O)C[C@H](NC(=O)c1ccc2c(c1)OCCO2)c1ccc(F)cc1. The Morgan fingerprint density at radius 3 is 2.44 bits per heavy atom. The van der Waals surface area contributed by atoms with Crippen LogP contribution in [0.25, 0.3) is 0 Å². The van der Waals surface area contributed by atoms with Crippen LogP contribution in [0.3, 0.4) is 0 Å². The van der Waals surface area contributed by atoms with Crippen molar-refractivity contribution in [3.05, 3.63) is 59.4 Å². The standard InChI is InChI=1S/C18H16FNO5/c19-13-4-1-11(2-5-13)14(10-17(21)22)20-18(23)12-3-6-15-16(9-12)25-8-7-24-15/h1-6,9,14H,7-8,10H2,(H,20,23)(H,21,22)/t14-/m0/s1. The monoisotopic (exact) mass is 345 g/mol. The molecule has 1 atom stereocenters. The maximum Gasteiger partial charge on any atom is 0.305 e. The van der Waals surface area contributed by atoms with Crippen molar-refractivity contribution in [1.29, 1.82) is 0 Å². The van der Waals surface area contributed by atoms with Crippen molar-refractivity contribution in [1.82, 2.24) is 5.32 Å². The van der Waals surface area contributed by atoms with E-state index in [1.807, 2.05) is 0 Å². The fourth-order valence-electron chi connectivity index (χ4n) is 2.55. The molecule has 3 rings (SSSR count). The van der Waals surface area contributed by atoms with Gasteiger partial charge in [0.15, 0.2) is 11.5 Å². The first kappa shape index (κ1) is 16.8. The van der Waals surface area contributed by atoms with E-state index in [4.69, 9.17) is 14.6 Å². The number of halogens is 1. The number of hydrogen-bond acceptors (Lipinski definition) is 4. The maximum absolute atomic E-state index is 13.1. The average molecular weight is 345 g/mol. The number of carbonyl (C=O) groups is 2. The quantitative estimate of drug-likeness (QED) is 0.870. The normalized spacial score (nSPS) is 13.8. The summed E-state index contributed by atoms with van der Waals surface area (Å²) in [5.41, 5.74) is 0.830. The van der Waals surface area contributed by atoms with Gasteiger partial charge in [-0.15, -0.1) is 0 Å². The predicted molar refractivity (Wildman–Crippen MR) is 86.3 cm³/mol. The highest BCUT2D eigenvalue weighted by molar-refractivity contribution is 5.95. The van der Waals surface area contributed by atoms with E-state index in [0.29, 0.717) is 35.8 Å². The number of benzene rings is 2. The molecule has 0 unspecified atom stereocenters. The zero-order chi connectivity index (χ0) is 17.8. The van der Waals surface area contributed by atoms with Gasteiger partial charge in [-0.25, -0.2) is 4.39 Å². The van der Waals surface area contributed by atoms with Crippen LogP contribution in [-0.4, -0.2) is 30.2 Å². The molecule has 0 saturated heterocycles. The molecule has 0 saturated carbocycles. The molecule has 1 heterocycles. The fraction of sp³-hybridized carbons (Fsp3) is 0.222. The Morgan fingerprint density at radius 2 is 1.76 bits per heavy atom. The van der Waals surface area contributed by atoms with Gasteiger partial charge in [0.1, 0.15) is 19.0 Å². The first-order valence-electron chi connectivity index (χ1n) is 7.70. The summed E-state index contributed by atoms with van der Waals surface area (Å²) in [6, 6.07) is 9.32. The molecule has 25 heavy (non-hydrogen) atoms. The van der Waals surface area contributed by atoms with Gasteiger partial charge in [-0.3, -0.25) is 9.59 Å². The largest absolute Gasteiger partial charge is 0.486 e. The number of fused-ring (bicyclic) bond motifs is 1. The van der Waals surface area contributed by atoms with E-state index in [9.17, 15) is 14.0 Å². The summed E-state index contributed by atoms with van der Waals surface area (Å²) >= 11 is 0. The van der Waals surface area contributed by atoms with Gasteiger partial charge >= 0.3 is 5.97 Å². The van der Waals surface area contributed by atoms with Crippen LogP contribution in [0.4, 0.5) is 4.39 Å². The van der Waals surface area contributed by atoms with Crippen molar-refractivity contribution in [2.45, 2.75) is 12.5 Å². The Bertz CT molecular complexity index is 791. The van der Waals surface area contributed by atoms with Crippen molar-refractivity contribution in [2.24, 2.45) is 0 Å². The third kappa shape index (κ3) is 4.06. The Hall–Kier alpha value is -3.09. The second-order valence-electron chi connectivity index (χ2n) is 5.53. The first-order chi connectivity index (χ1) is 12.0. The van der Waals surface area contributed by atoms with Crippen molar-refractivity contribution in [3.8, 4) is 11.5 Å². The molecule has 1 aliphatic heterocycles. The number of aliphatic carboxylic acids is 1. The number of carbonyl (C=O) groups excluding carboxylic acids is 1. The molecule has 2 aromatic carbocycles. The van der Waals surface area contributed by atoms with E-state index in [2.05, 4.69) is 5.32 Å². The van der Waals surface area contributed by atoms with Crippen molar-refractivity contribution < 1.29 is 28.6 Å². The molecular weight excluding hydrogens is 329 g/mol. The van der Waals surface area contributed by atoms with Crippen LogP contribution in [0.2, 0.25) is 0 Å². The summed E-state index contributed by atoms with van der Waals surface area (Å²) in [6.45, 7) is 0.846. The first-order valence-corrected chi connectivity index (χ1v) is 7.70. The third-order valence-corrected chi connectivity index (χ3v) is 3.76. The lowest BCUT2D eigenvalue weighted by molar-refractivity contribution is -0.137. The van der Waals surface area contributed by atoms with Crippen LogP contribution in [0, 0.1) is 5.82 Å². The van der Waals surface area contributed by atoms with Gasteiger partial charge in [0.05, 0.1) is 12.5 Å². The van der Waals surface area contributed by atoms with Crippen LogP contribution in [0.1, 0.15) is 28.4 Å². The smallest absolute Gasteiger partial charge is 0.305 e. The topological polar surface area (TPSA) is 84.9 Å². The molecule has 130 valence electrons. The second kappa shape index (κ2) is 7.21. The van der Waals surface area contributed by atoms with E-state index in [-0.39, 0.29) is 6.42 Å². The minimum atomic E-state index is -1.07. The Labute approximate surface area is 143 Å². The molecule has 1 aliphatic rings. The summed E-state index contributed by atoms with van der Waals surface area (Å²) in [4.78, 5) is 23.6. The lowest BCUT2D eigenvalue weighted by Gasteiger charge is -2.20. The average Bonchev–Trinajstić information content (AvgIpc) is 2.61. The van der Waals surface area contributed by atoms with Crippen LogP contribution < -0.4 is 14.8 Å². The van der Waals surface area contributed by atoms with Gasteiger partial charge in [-0.05, 0) is 35.9 Å². The molecule has 0 aromatic heterocycles. The Balaban J connectivity index is 1.80. The lowest BCUT2D eigenvalue weighted by atomic mass is 10.0.